The smallest absolute Gasteiger partial charge is 0.387 e. The summed E-state index contributed by atoms with van der Waals surface area (Å²) in [7, 11) is 0. The van der Waals surface area contributed by atoms with Gasteiger partial charge in [-0.2, -0.15) is 8.78 Å². The molecule has 21 heavy (non-hydrogen) atoms. The van der Waals surface area contributed by atoms with Crippen molar-refractivity contribution in [3.05, 3.63) is 29.6 Å². The Balaban J connectivity index is 2.93. The minimum Gasteiger partial charge on any atom is -0.434 e. The maximum atomic E-state index is 13.8. The summed E-state index contributed by atoms with van der Waals surface area (Å²) in [6, 6.07) is 3.94. The Kier molecular flexibility index (Phi) is 6.84. The molecule has 0 aliphatic carbocycles. The van der Waals surface area contributed by atoms with Crippen LogP contribution in [-0.2, 0) is 6.54 Å². The molecular weight excluding hydrogens is 283 g/mol. The van der Waals surface area contributed by atoms with Gasteiger partial charge < -0.3 is 15.4 Å². The number of aliphatic imine (C=N–C) groups is 1. The molecule has 0 spiro atoms. The van der Waals surface area contributed by atoms with E-state index in [-0.39, 0.29) is 23.9 Å². The van der Waals surface area contributed by atoms with Crippen LogP contribution in [0.15, 0.2) is 23.2 Å². The quantitative estimate of drug-likeness (QED) is 0.627. The molecule has 118 valence electrons. The van der Waals surface area contributed by atoms with Crippen molar-refractivity contribution in [2.45, 2.75) is 40.0 Å². The summed E-state index contributed by atoms with van der Waals surface area (Å²) in [5, 5.41) is 6.05. The van der Waals surface area contributed by atoms with Gasteiger partial charge in [-0.3, -0.25) is 0 Å². The van der Waals surface area contributed by atoms with E-state index in [2.05, 4.69) is 20.4 Å². The van der Waals surface area contributed by atoms with Crippen LogP contribution in [-0.4, -0.2) is 25.2 Å². The molecule has 0 fully saturated rings. The van der Waals surface area contributed by atoms with Crippen molar-refractivity contribution in [1.82, 2.24) is 10.6 Å². The lowest BCUT2D eigenvalue weighted by atomic mass is 10.2. The highest BCUT2D eigenvalue weighted by Gasteiger charge is 2.13. The van der Waals surface area contributed by atoms with Crippen molar-refractivity contribution in [1.29, 1.82) is 0 Å². The maximum absolute atomic E-state index is 13.8. The van der Waals surface area contributed by atoms with Gasteiger partial charge in [-0.05, 0) is 32.9 Å². The Morgan fingerprint density at radius 3 is 2.62 bits per heavy atom. The third-order valence-electron chi connectivity index (χ3n) is 2.46. The Hall–Kier alpha value is -1.92. The SMILES string of the molecule is CCNC(=NCc1c(F)cccc1OC(F)F)NC(C)C. The molecule has 1 aromatic carbocycles. The zero-order chi connectivity index (χ0) is 15.8. The monoisotopic (exact) mass is 303 g/mol. The predicted molar refractivity (Wildman–Crippen MR) is 76.1 cm³/mol. The van der Waals surface area contributed by atoms with Crippen molar-refractivity contribution in [3.63, 3.8) is 0 Å². The number of rotatable bonds is 6. The Morgan fingerprint density at radius 2 is 2.05 bits per heavy atom. The summed E-state index contributed by atoms with van der Waals surface area (Å²) in [5.41, 5.74) is -0.00115. The molecule has 0 aromatic heterocycles. The van der Waals surface area contributed by atoms with Crippen LogP contribution < -0.4 is 15.4 Å². The molecular formula is C14H20F3N3O. The van der Waals surface area contributed by atoms with E-state index in [1.807, 2.05) is 20.8 Å². The van der Waals surface area contributed by atoms with E-state index in [0.717, 1.165) is 0 Å². The number of halogens is 3. The van der Waals surface area contributed by atoms with Gasteiger partial charge in [0.2, 0.25) is 0 Å². The van der Waals surface area contributed by atoms with Crippen LogP contribution in [0.2, 0.25) is 0 Å². The molecule has 2 N–H and O–H groups in total. The first kappa shape index (κ1) is 17.1. The number of nitrogens with one attached hydrogen (secondary N) is 2. The molecule has 0 bridgehead atoms. The van der Waals surface area contributed by atoms with Gasteiger partial charge in [-0.15, -0.1) is 0 Å². The lowest BCUT2D eigenvalue weighted by Crippen LogP contribution is -2.41. The highest BCUT2D eigenvalue weighted by atomic mass is 19.3. The van der Waals surface area contributed by atoms with Gasteiger partial charge in [0.15, 0.2) is 5.96 Å². The summed E-state index contributed by atoms with van der Waals surface area (Å²) < 4.78 is 42.7. The van der Waals surface area contributed by atoms with Crippen LogP contribution in [0, 0.1) is 5.82 Å². The van der Waals surface area contributed by atoms with Gasteiger partial charge in [-0.1, -0.05) is 6.07 Å². The molecule has 1 aromatic rings. The van der Waals surface area contributed by atoms with E-state index in [0.29, 0.717) is 12.5 Å². The highest BCUT2D eigenvalue weighted by molar-refractivity contribution is 5.80. The molecule has 0 atom stereocenters. The largest absolute Gasteiger partial charge is 0.434 e. The number of benzene rings is 1. The van der Waals surface area contributed by atoms with Gasteiger partial charge in [0.05, 0.1) is 12.1 Å². The predicted octanol–water partition coefficient (Wildman–Crippen LogP) is 2.89. The fraction of sp³-hybridized carbons (Fsp3) is 0.500. The normalized spacial score (nSPS) is 11.9. The average Bonchev–Trinajstić information content (AvgIpc) is 2.36. The summed E-state index contributed by atoms with van der Waals surface area (Å²) in [5.74, 6) is -0.342. The van der Waals surface area contributed by atoms with Crippen LogP contribution in [0.25, 0.3) is 0 Å². The minimum absolute atomic E-state index is 0.00115. The van der Waals surface area contributed by atoms with E-state index >= 15 is 0 Å². The fourth-order valence-corrected chi connectivity index (χ4v) is 1.65. The number of hydrogen-bond donors (Lipinski definition) is 2. The lowest BCUT2D eigenvalue weighted by Gasteiger charge is -2.15. The van der Waals surface area contributed by atoms with Crippen molar-refractivity contribution in [2.24, 2.45) is 4.99 Å². The van der Waals surface area contributed by atoms with Crippen molar-refractivity contribution in [3.8, 4) is 5.75 Å². The van der Waals surface area contributed by atoms with E-state index in [1.165, 1.54) is 18.2 Å². The molecule has 0 saturated heterocycles. The van der Waals surface area contributed by atoms with Gasteiger partial charge in [-0.25, -0.2) is 9.38 Å². The van der Waals surface area contributed by atoms with Crippen molar-refractivity contribution >= 4 is 5.96 Å². The summed E-state index contributed by atoms with van der Waals surface area (Å²) >= 11 is 0. The molecule has 0 radical (unpaired) electrons. The summed E-state index contributed by atoms with van der Waals surface area (Å²) in [6.45, 7) is 3.29. The van der Waals surface area contributed by atoms with Gasteiger partial charge >= 0.3 is 6.61 Å². The van der Waals surface area contributed by atoms with Crippen LogP contribution in [0.5, 0.6) is 5.75 Å². The second-order valence-corrected chi connectivity index (χ2v) is 4.59. The third-order valence-corrected chi connectivity index (χ3v) is 2.46. The minimum atomic E-state index is -3.00. The van der Waals surface area contributed by atoms with Gasteiger partial charge in [0.25, 0.3) is 0 Å². The first-order valence-electron chi connectivity index (χ1n) is 6.71. The van der Waals surface area contributed by atoms with Crippen LogP contribution in [0.1, 0.15) is 26.3 Å². The zero-order valence-electron chi connectivity index (χ0n) is 12.3. The van der Waals surface area contributed by atoms with Crippen LogP contribution in [0.3, 0.4) is 0 Å². The van der Waals surface area contributed by atoms with E-state index in [9.17, 15) is 13.2 Å². The van der Waals surface area contributed by atoms with E-state index in [4.69, 9.17) is 0 Å². The second kappa shape index (κ2) is 8.39. The standard InChI is InChI=1S/C14H20F3N3O/c1-4-18-14(20-9(2)3)19-8-10-11(15)6-5-7-12(10)21-13(16)17/h5-7,9,13H,4,8H2,1-3H3,(H2,18,19,20). The summed E-state index contributed by atoms with van der Waals surface area (Å²) in [4.78, 5) is 4.18. The van der Waals surface area contributed by atoms with Gasteiger partial charge in [0.1, 0.15) is 11.6 Å². The molecule has 7 heteroatoms. The molecule has 0 heterocycles. The van der Waals surface area contributed by atoms with E-state index < -0.39 is 12.4 Å². The second-order valence-electron chi connectivity index (χ2n) is 4.59. The number of nitrogens with zero attached hydrogens (tertiary/aromatic N) is 1. The van der Waals surface area contributed by atoms with Crippen molar-refractivity contribution in [2.75, 3.05) is 6.54 Å². The lowest BCUT2D eigenvalue weighted by molar-refractivity contribution is -0.0506. The third kappa shape index (κ3) is 5.93. The molecule has 1 rings (SSSR count). The molecule has 0 aliphatic rings. The molecule has 4 nitrogen and oxygen atoms in total. The number of hydrogen-bond acceptors (Lipinski definition) is 2. The zero-order valence-corrected chi connectivity index (χ0v) is 12.3. The molecule has 0 unspecified atom stereocenters. The Morgan fingerprint density at radius 1 is 1.33 bits per heavy atom. The molecule has 0 saturated carbocycles. The Labute approximate surface area is 122 Å². The summed E-state index contributed by atoms with van der Waals surface area (Å²) in [6.07, 6.45) is 0. The topological polar surface area (TPSA) is 45.7 Å². The fourth-order valence-electron chi connectivity index (χ4n) is 1.65. The number of ether oxygens (including phenoxy) is 1. The first-order valence-corrected chi connectivity index (χ1v) is 6.71. The van der Waals surface area contributed by atoms with Crippen LogP contribution >= 0.6 is 0 Å². The van der Waals surface area contributed by atoms with Gasteiger partial charge in [0, 0.05) is 12.6 Å². The van der Waals surface area contributed by atoms with E-state index in [1.54, 1.807) is 0 Å². The highest BCUT2D eigenvalue weighted by Crippen LogP contribution is 2.24. The Bertz CT molecular complexity index is 479. The maximum Gasteiger partial charge on any atom is 0.387 e. The average molecular weight is 303 g/mol. The molecule has 0 amide bonds. The number of alkyl halides is 2. The van der Waals surface area contributed by atoms with Crippen LogP contribution in [0.4, 0.5) is 13.2 Å². The number of guanidine groups is 1. The molecule has 0 aliphatic heterocycles. The van der Waals surface area contributed by atoms with Crippen molar-refractivity contribution < 1.29 is 17.9 Å². The first-order chi connectivity index (χ1) is 9.93.